The molecule has 0 saturated carbocycles. The first-order valence-corrected chi connectivity index (χ1v) is 32.3. The van der Waals surface area contributed by atoms with E-state index in [0.717, 1.165) is 0 Å². The van der Waals surface area contributed by atoms with E-state index in [9.17, 15) is 64.9 Å². The largest absolute Gasteiger partial charge is 2.00 e. The minimum atomic E-state index is -4.33. The van der Waals surface area contributed by atoms with Crippen LogP contribution in [-0.2, 0) is 53.4 Å². The average molecular weight is 1440 g/mol. The van der Waals surface area contributed by atoms with Crippen molar-refractivity contribution in [2.75, 3.05) is 37.9 Å². The van der Waals surface area contributed by atoms with Crippen molar-refractivity contribution in [3.63, 3.8) is 0 Å². The number of rotatable bonds is 23. The van der Waals surface area contributed by atoms with E-state index in [1.807, 2.05) is 12.1 Å². The number of hydrogen-bond donors (Lipinski definition) is 9. The molecule has 0 aliphatic carbocycles. The van der Waals surface area contributed by atoms with Crippen molar-refractivity contribution < 1.29 is 98.6 Å². The van der Waals surface area contributed by atoms with Gasteiger partial charge in [-0.3, -0.25) is 24.2 Å². The fourth-order valence-corrected chi connectivity index (χ4v) is 12.6. The van der Waals surface area contributed by atoms with Crippen molar-refractivity contribution in [1.82, 2.24) is 39.4 Å². The summed E-state index contributed by atoms with van der Waals surface area (Å²) in [4.78, 5) is 42.9. The molecular weight excluding hydrogens is 1350 g/mol. The first kappa shape index (κ1) is 86.4. The Morgan fingerprint density at radius 1 is 0.673 bits per heavy atom. The van der Waals surface area contributed by atoms with Crippen LogP contribution in [0.15, 0.2) is 122 Å². The number of benzene rings is 3. The van der Waals surface area contributed by atoms with Crippen LogP contribution in [0.3, 0.4) is 0 Å². The maximum atomic E-state index is 14.0. The summed E-state index contributed by atoms with van der Waals surface area (Å²) in [6, 6.07) is 29.4. The van der Waals surface area contributed by atoms with Crippen molar-refractivity contribution in [1.29, 1.82) is 10.5 Å². The van der Waals surface area contributed by atoms with E-state index in [1.54, 1.807) is 114 Å². The van der Waals surface area contributed by atoms with Gasteiger partial charge in [-0.15, -0.1) is 0 Å². The number of esters is 2. The number of nitrogens with zero attached hydrogens (tertiary/aromatic N) is 9. The molecule has 4 aromatic heterocycles. The summed E-state index contributed by atoms with van der Waals surface area (Å²) < 4.78 is 74.0. The molecule has 0 spiro atoms. The Balaban J connectivity index is 0.000000497. The van der Waals surface area contributed by atoms with Crippen molar-refractivity contribution in [2.45, 2.75) is 137 Å². The summed E-state index contributed by atoms with van der Waals surface area (Å²) in [6.07, 6.45) is -6.33. The van der Waals surface area contributed by atoms with Crippen LogP contribution in [0.4, 0.5) is 17.3 Å². The molecule has 2 saturated heterocycles. The predicted octanol–water partition coefficient (Wildman–Crippen LogP) is 3.53. The second kappa shape index (κ2) is 38.6. The van der Waals surface area contributed by atoms with Crippen LogP contribution in [0.1, 0.15) is 88.6 Å². The molecule has 11 N–H and O–H groups in total. The van der Waals surface area contributed by atoms with Gasteiger partial charge in [0.2, 0.25) is 11.2 Å². The normalized spacial score (nSPS) is 21.6. The molecule has 530 valence electrons. The predicted molar refractivity (Wildman–Crippen MR) is 356 cm³/mol. The molecule has 2 unspecified atom stereocenters. The van der Waals surface area contributed by atoms with Crippen LogP contribution in [0.25, 0.3) is 11.0 Å². The Morgan fingerprint density at radius 2 is 1.04 bits per heavy atom. The third-order valence-electron chi connectivity index (χ3n) is 13.8. The molecule has 7 aromatic rings. The van der Waals surface area contributed by atoms with Gasteiger partial charge in [0.15, 0.2) is 11.6 Å². The van der Waals surface area contributed by atoms with Crippen molar-refractivity contribution >= 4 is 78.8 Å². The van der Waals surface area contributed by atoms with E-state index in [0.29, 0.717) is 11.0 Å². The fraction of sp³-hybridized carbons (Fsp3) is 0.435. The van der Waals surface area contributed by atoms with Gasteiger partial charge in [0.05, 0.1) is 42.7 Å². The molecule has 12 atom stereocenters. The monoisotopic (exact) mass is 1440 g/mol. The Bertz CT molecular complexity index is 3850. The summed E-state index contributed by atoms with van der Waals surface area (Å²) in [5.74, 6) is 0.383. The number of aromatic nitrogens is 6. The zero-order chi connectivity index (χ0) is 69.3. The molecule has 0 radical (unpaired) electrons. The Labute approximate surface area is 589 Å². The number of aliphatic hydroxyl groups excluding tert-OH is 5. The van der Waals surface area contributed by atoms with Gasteiger partial charge in [-0.25, -0.2) is 28.1 Å². The molecular formula is C62H84ClMgN13O19P2. The van der Waals surface area contributed by atoms with E-state index in [4.69, 9.17) is 48.5 Å². The number of carbonyl (C=O) groups is 2. The number of fused-ring (bicyclic) bond motifs is 2. The number of nitrogen functional groups attached to an aromatic ring is 2. The Morgan fingerprint density at radius 3 is 1.40 bits per heavy atom. The Hall–Kier alpha value is -7.66. The third-order valence-corrected chi connectivity index (χ3v) is 16.8. The van der Waals surface area contributed by atoms with E-state index < -0.39 is 105 Å². The van der Waals surface area contributed by atoms with Crippen LogP contribution >= 0.6 is 15.5 Å². The van der Waals surface area contributed by atoms with Crippen LogP contribution < -0.4 is 47.6 Å². The molecule has 36 heteroatoms. The number of non-ortho nitro benzene ring substituents is 1. The van der Waals surface area contributed by atoms with Crippen LogP contribution in [0.5, 0.6) is 17.2 Å². The van der Waals surface area contributed by atoms with Gasteiger partial charge in [-0.1, -0.05) is 78.9 Å². The maximum absolute atomic E-state index is 14.0. The topological polar surface area (TPSA) is 470 Å². The van der Waals surface area contributed by atoms with Crippen molar-refractivity contribution in [3.05, 3.63) is 149 Å². The SMILES string of the molecule is C.C.CCOC(=O)[C@@H](NP(=O)(OC[C@H]1O[C@@](C#N)(c2ccc3c(N)ncnn23)[C@H](O)[C@@H]1O)Oc1ccccc1)C(C)C.CCOC(=O)[C@@H](NP(=O)(Oc1ccccc1)Oc1ccc([N+](=O)[O-])cc1)C(C)C.C[C-](C)C.N#C[C@@]1(c2ccc3c(N)ncnn23)O[C@H](CO)[C@@H](O)[C@H]1O.[Cl-].[Mg+2]. The molecule has 2 aliphatic rings. The van der Waals surface area contributed by atoms with E-state index in [1.165, 1.54) is 64.0 Å². The number of hydrogen-bond acceptors (Lipinski definition) is 27. The number of nitrogens with two attached hydrogens (primary N) is 2. The van der Waals surface area contributed by atoms with Gasteiger partial charge in [-0.05, 0) is 86.3 Å². The van der Waals surface area contributed by atoms with E-state index in [-0.39, 0.29) is 121 Å². The number of nitro benzene ring substituents is 1. The molecule has 98 heavy (non-hydrogen) atoms. The minimum Gasteiger partial charge on any atom is -1.00 e. The number of nitriles is 2. The second-order valence-electron chi connectivity index (χ2n) is 22.0. The molecule has 9 rings (SSSR count). The molecule has 0 bridgehead atoms. The number of carbonyl (C=O) groups excluding carboxylic acids is 2. The van der Waals surface area contributed by atoms with Gasteiger partial charge in [0.1, 0.15) is 102 Å². The summed E-state index contributed by atoms with van der Waals surface area (Å²) in [6.45, 7) is 15.7. The zero-order valence-electron chi connectivity index (χ0n) is 53.8. The minimum absolute atomic E-state index is 0. The van der Waals surface area contributed by atoms with Gasteiger partial charge in [0, 0.05) is 12.1 Å². The molecule has 32 nitrogen and oxygen atoms in total. The number of halogens is 1. The molecule has 0 amide bonds. The van der Waals surface area contributed by atoms with E-state index >= 15 is 0 Å². The van der Waals surface area contributed by atoms with Gasteiger partial charge in [0.25, 0.3) is 5.69 Å². The zero-order valence-corrected chi connectivity index (χ0v) is 57.7. The number of nitrogens with one attached hydrogen (secondary N) is 2. The first-order valence-electron chi connectivity index (χ1n) is 29.2. The number of nitro groups is 1. The number of para-hydroxylation sites is 2. The molecule has 2 aliphatic heterocycles. The maximum Gasteiger partial charge on any atom is 2.00 e. The second-order valence-corrected chi connectivity index (χ2v) is 25.3. The van der Waals surface area contributed by atoms with E-state index in [2.05, 4.69) is 51.1 Å². The van der Waals surface area contributed by atoms with Gasteiger partial charge >= 0.3 is 50.5 Å². The smallest absolute Gasteiger partial charge is 1.00 e. The summed E-state index contributed by atoms with van der Waals surface area (Å²) >= 11 is 0. The van der Waals surface area contributed by atoms with Crippen molar-refractivity contribution in [2.24, 2.45) is 11.8 Å². The Kier molecular flexibility index (Phi) is 34.1. The number of aliphatic hydroxyl groups is 5. The summed E-state index contributed by atoms with van der Waals surface area (Å²) in [7, 11) is -8.44. The quantitative estimate of drug-likeness (QED) is 0.0110. The molecule has 6 heterocycles. The number of anilines is 2. The number of ether oxygens (including phenoxy) is 4. The fourth-order valence-electron chi connectivity index (χ4n) is 9.21. The van der Waals surface area contributed by atoms with Crippen LogP contribution in [0, 0.1) is 50.5 Å². The van der Waals surface area contributed by atoms with Crippen LogP contribution in [-0.4, -0.2) is 170 Å². The molecule has 2 fully saturated rings. The summed E-state index contributed by atoms with van der Waals surface area (Å²) in [5, 5.41) is 94.9. The van der Waals surface area contributed by atoms with Crippen LogP contribution in [0.2, 0.25) is 0 Å². The third kappa shape index (κ3) is 21.0. The van der Waals surface area contributed by atoms with Crippen molar-refractivity contribution in [3.8, 4) is 29.4 Å². The first-order chi connectivity index (χ1) is 44.6. The molecule has 3 aromatic carbocycles. The van der Waals surface area contributed by atoms with Gasteiger partial charge in [-0.2, -0.15) is 51.7 Å². The average Bonchev–Trinajstić information content (AvgIpc) is 1.59. The summed E-state index contributed by atoms with van der Waals surface area (Å²) in [5.41, 5.74) is 8.65. The standard InChI is InChI=1S/C25H31N6O8P.C19H23N2O7P.C12H13N5O4.C4H9.2CH4.ClH.Mg/c1-4-36-24(34)20(15(2)3)30-40(35,39-16-8-6-5-7-9-16)37-12-18-21(32)22(33)25(13-26,38-18)19-11-10-17-23(27)28-14-29-31(17)19;1-4-26-19(22)18(14(2)3)20-29(25,27-16-8-6-5-7-9-16)28-17-12-10-15(11-13-17)21(23)24;13-4-12(10(20)9(19)7(3-18)21-12)8-2-1-6-11(14)15-5-16-17(6)8;1-4(2)3;;;;/h5-11,14-15,18,20-22,32-33H,4,12H2,1-3H3,(H,30,35)(H2,27,28,29);5-14,18H,4H2,1-3H3,(H,20,25);1-2,5,7,9-10,18-20H,3H2,(H2,14,15,16);1-3H3;2*1H4;1H;/q;;;-1;;;;+2/p-1/t18-,20+,21-,22-,25+,40?;18-,29?;7-,9-,10-,12+;;;;;/m101...../s1. The van der Waals surface area contributed by atoms with Gasteiger partial charge < -0.3 is 87.8 Å².